The first kappa shape index (κ1) is 24.9. The van der Waals surface area contributed by atoms with Crippen LogP contribution in [-0.4, -0.2) is 40.7 Å². The summed E-state index contributed by atoms with van der Waals surface area (Å²) in [6, 6.07) is 7.83. The standard InChI is InChI=1S/C23H33N3O4S/c1-16(2)23(30)31-15-8-4-7-12-19(21(28)24-17-10-5-3-6-11-17)26-22(29)18-13-9-14-20(27)25-18/h3,5-6,10-11,16,18-19H,4,7-9,12-15H2,1-2H3,(H,24,28)(H,25,27)(H,26,29)/t18-,19-/m0/s1. The van der Waals surface area contributed by atoms with Crippen molar-refractivity contribution in [3.05, 3.63) is 30.3 Å². The molecular formula is C23H33N3O4S. The maximum Gasteiger partial charge on any atom is 0.246 e. The first-order valence-corrected chi connectivity index (χ1v) is 12.0. The summed E-state index contributed by atoms with van der Waals surface area (Å²) in [4.78, 5) is 48.7. The van der Waals surface area contributed by atoms with Crippen LogP contribution >= 0.6 is 11.8 Å². The molecule has 1 aliphatic heterocycles. The second-order valence-electron chi connectivity index (χ2n) is 8.10. The third-order valence-corrected chi connectivity index (χ3v) is 6.32. The molecule has 0 saturated carbocycles. The maximum absolute atomic E-state index is 12.8. The van der Waals surface area contributed by atoms with Gasteiger partial charge in [-0.05, 0) is 37.8 Å². The molecule has 1 aliphatic rings. The number of rotatable bonds is 11. The highest BCUT2D eigenvalue weighted by atomic mass is 32.2. The number of carbonyl (C=O) groups excluding carboxylic acids is 4. The number of anilines is 1. The molecular weight excluding hydrogens is 414 g/mol. The normalized spacial score (nSPS) is 17.0. The van der Waals surface area contributed by atoms with E-state index in [-0.39, 0.29) is 28.8 Å². The number of nitrogens with one attached hydrogen (secondary N) is 3. The second-order valence-corrected chi connectivity index (χ2v) is 9.20. The van der Waals surface area contributed by atoms with Crippen molar-refractivity contribution in [3.8, 4) is 0 Å². The lowest BCUT2D eigenvalue weighted by molar-refractivity contribution is -0.132. The van der Waals surface area contributed by atoms with Crippen LogP contribution in [0, 0.1) is 5.92 Å². The molecule has 170 valence electrons. The third-order valence-electron chi connectivity index (χ3n) is 5.08. The summed E-state index contributed by atoms with van der Waals surface area (Å²) in [5.41, 5.74) is 0.668. The van der Waals surface area contributed by atoms with Gasteiger partial charge in [-0.15, -0.1) is 0 Å². The number of amides is 3. The third kappa shape index (κ3) is 9.12. The zero-order valence-electron chi connectivity index (χ0n) is 18.3. The van der Waals surface area contributed by atoms with E-state index in [0.717, 1.165) is 25.0 Å². The van der Waals surface area contributed by atoms with E-state index in [4.69, 9.17) is 0 Å². The Hall–Kier alpha value is -2.35. The number of unbranched alkanes of at least 4 members (excludes halogenated alkanes) is 2. The molecule has 3 amide bonds. The molecule has 0 aromatic heterocycles. The van der Waals surface area contributed by atoms with Gasteiger partial charge >= 0.3 is 0 Å². The van der Waals surface area contributed by atoms with E-state index in [1.807, 2.05) is 32.0 Å². The predicted octanol–water partition coefficient (Wildman–Crippen LogP) is 3.25. The van der Waals surface area contributed by atoms with Crippen LogP contribution in [0.3, 0.4) is 0 Å². The Morgan fingerprint density at radius 2 is 1.87 bits per heavy atom. The Kier molecular flexibility index (Phi) is 10.6. The fourth-order valence-corrected chi connectivity index (χ4v) is 4.14. The zero-order chi connectivity index (χ0) is 22.6. The van der Waals surface area contributed by atoms with Crippen molar-refractivity contribution in [3.63, 3.8) is 0 Å². The molecule has 0 unspecified atom stereocenters. The molecule has 2 atom stereocenters. The molecule has 0 radical (unpaired) electrons. The molecule has 7 nitrogen and oxygen atoms in total. The van der Waals surface area contributed by atoms with Gasteiger partial charge in [0, 0.05) is 23.8 Å². The van der Waals surface area contributed by atoms with E-state index in [1.54, 1.807) is 12.1 Å². The fourth-order valence-electron chi connectivity index (χ4n) is 3.26. The van der Waals surface area contributed by atoms with E-state index in [1.165, 1.54) is 11.8 Å². The topological polar surface area (TPSA) is 104 Å². The molecule has 1 heterocycles. The predicted molar refractivity (Wildman–Crippen MR) is 124 cm³/mol. The van der Waals surface area contributed by atoms with Gasteiger partial charge in [-0.2, -0.15) is 0 Å². The van der Waals surface area contributed by atoms with Gasteiger partial charge < -0.3 is 16.0 Å². The lowest BCUT2D eigenvalue weighted by atomic mass is 10.0. The van der Waals surface area contributed by atoms with Crippen LogP contribution < -0.4 is 16.0 Å². The summed E-state index contributed by atoms with van der Waals surface area (Å²) < 4.78 is 0. The van der Waals surface area contributed by atoms with Crippen LogP contribution in [0.1, 0.15) is 58.8 Å². The number of piperidine rings is 1. The van der Waals surface area contributed by atoms with Crippen molar-refractivity contribution >= 4 is 40.3 Å². The lowest BCUT2D eigenvalue weighted by Crippen LogP contribution is -2.53. The van der Waals surface area contributed by atoms with Crippen LogP contribution in [0.4, 0.5) is 5.69 Å². The van der Waals surface area contributed by atoms with Crippen LogP contribution in [0.2, 0.25) is 0 Å². The van der Waals surface area contributed by atoms with Gasteiger partial charge in [0.15, 0.2) is 5.12 Å². The highest BCUT2D eigenvalue weighted by Crippen LogP contribution is 2.15. The van der Waals surface area contributed by atoms with Crippen LogP contribution in [0.5, 0.6) is 0 Å². The average molecular weight is 448 g/mol. The van der Waals surface area contributed by atoms with E-state index in [0.29, 0.717) is 31.4 Å². The molecule has 1 fully saturated rings. The molecule has 0 aliphatic carbocycles. The Morgan fingerprint density at radius 1 is 1.13 bits per heavy atom. The summed E-state index contributed by atoms with van der Waals surface area (Å²) in [6.45, 7) is 3.78. The number of para-hydroxylation sites is 1. The van der Waals surface area contributed by atoms with Crippen molar-refractivity contribution < 1.29 is 19.2 Å². The van der Waals surface area contributed by atoms with Gasteiger partial charge in [0.25, 0.3) is 0 Å². The number of thioether (sulfide) groups is 1. The average Bonchev–Trinajstić information content (AvgIpc) is 2.75. The smallest absolute Gasteiger partial charge is 0.246 e. The SMILES string of the molecule is CC(C)C(=O)SCCCCC[C@H](NC(=O)[C@@H]1CCCC(=O)N1)C(=O)Nc1ccccc1. The van der Waals surface area contributed by atoms with Gasteiger partial charge in [0.2, 0.25) is 17.7 Å². The van der Waals surface area contributed by atoms with Crippen molar-refractivity contribution in [2.45, 2.75) is 70.9 Å². The van der Waals surface area contributed by atoms with E-state index in [9.17, 15) is 19.2 Å². The quantitative estimate of drug-likeness (QED) is 0.452. The molecule has 3 N–H and O–H groups in total. The maximum atomic E-state index is 12.8. The van der Waals surface area contributed by atoms with Crippen LogP contribution in [0.15, 0.2) is 30.3 Å². The Balaban J connectivity index is 1.87. The van der Waals surface area contributed by atoms with Crippen molar-refractivity contribution in [2.24, 2.45) is 5.92 Å². The first-order chi connectivity index (χ1) is 14.9. The molecule has 1 aromatic carbocycles. The van der Waals surface area contributed by atoms with Gasteiger partial charge in [0.05, 0.1) is 0 Å². The van der Waals surface area contributed by atoms with Gasteiger partial charge in [-0.25, -0.2) is 0 Å². The van der Waals surface area contributed by atoms with Crippen molar-refractivity contribution in [1.29, 1.82) is 0 Å². The second kappa shape index (κ2) is 13.1. The van der Waals surface area contributed by atoms with Gasteiger partial charge in [-0.3, -0.25) is 19.2 Å². The highest BCUT2D eigenvalue weighted by molar-refractivity contribution is 8.13. The minimum Gasteiger partial charge on any atom is -0.344 e. The number of carbonyl (C=O) groups is 4. The molecule has 2 rings (SSSR count). The van der Waals surface area contributed by atoms with Crippen molar-refractivity contribution in [1.82, 2.24) is 10.6 Å². The van der Waals surface area contributed by atoms with E-state index in [2.05, 4.69) is 16.0 Å². The Bertz CT molecular complexity index is 754. The summed E-state index contributed by atoms with van der Waals surface area (Å²) in [7, 11) is 0. The summed E-state index contributed by atoms with van der Waals surface area (Å²) in [6.07, 6.45) is 4.66. The van der Waals surface area contributed by atoms with Crippen LogP contribution in [0.25, 0.3) is 0 Å². The first-order valence-electron chi connectivity index (χ1n) is 11.0. The molecule has 0 bridgehead atoms. The van der Waals surface area contributed by atoms with E-state index >= 15 is 0 Å². The fraction of sp³-hybridized carbons (Fsp3) is 0.565. The van der Waals surface area contributed by atoms with Gasteiger partial charge in [-0.1, -0.05) is 56.7 Å². The van der Waals surface area contributed by atoms with Crippen molar-refractivity contribution in [2.75, 3.05) is 11.1 Å². The monoisotopic (exact) mass is 447 g/mol. The molecule has 8 heteroatoms. The summed E-state index contributed by atoms with van der Waals surface area (Å²) in [5.74, 6) is 0.0697. The number of hydrogen-bond acceptors (Lipinski definition) is 5. The molecule has 1 aromatic rings. The van der Waals surface area contributed by atoms with E-state index < -0.39 is 12.1 Å². The van der Waals surface area contributed by atoms with Gasteiger partial charge in [0.1, 0.15) is 12.1 Å². The largest absolute Gasteiger partial charge is 0.344 e. The number of benzene rings is 1. The molecule has 31 heavy (non-hydrogen) atoms. The highest BCUT2D eigenvalue weighted by Gasteiger charge is 2.28. The minimum absolute atomic E-state index is 0.0338. The zero-order valence-corrected chi connectivity index (χ0v) is 19.1. The Morgan fingerprint density at radius 3 is 2.55 bits per heavy atom. The Labute approximate surface area is 188 Å². The lowest BCUT2D eigenvalue weighted by Gasteiger charge is -2.25. The minimum atomic E-state index is -0.684. The number of hydrogen-bond donors (Lipinski definition) is 3. The molecule has 1 saturated heterocycles. The summed E-state index contributed by atoms with van der Waals surface area (Å²) in [5, 5.41) is 8.57. The van der Waals surface area contributed by atoms with Crippen LogP contribution in [-0.2, 0) is 19.2 Å². The molecule has 0 spiro atoms. The summed E-state index contributed by atoms with van der Waals surface area (Å²) >= 11 is 1.35.